The maximum atomic E-state index is 12.3. The molecular formula is C21H28N2O5. The number of nitrogens with zero attached hydrogens (tertiary/aromatic N) is 1. The Morgan fingerprint density at radius 3 is 2.46 bits per heavy atom. The van der Waals surface area contributed by atoms with Crippen LogP contribution in [0.15, 0.2) is 28.7 Å². The third-order valence-corrected chi connectivity index (χ3v) is 4.16. The smallest absolute Gasteiger partial charge is 0.227 e. The van der Waals surface area contributed by atoms with Crippen LogP contribution in [-0.2, 0) is 25.5 Å². The minimum Gasteiger partial charge on any atom is -0.441 e. The summed E-state index contributed by atoms with van der Waals surface area (Å²) in [4.78, 5) is 28.8. The van der Waals surface area contributed by atoms with Crippen molar-refractivity contribution in [3.05, 3.63) is 41.3 Å². The Bertz CT molecular complexity index is 794. The van der Waals surface area contributed by atoms with E-state index in [1.54, 1.807) is 6.92 Å². The topological polar surface area (TPSA) is 90.7 Å². The number of hydrogen-bond acceptors (Lipinski definition) is 6. The molecule has 0 spiro atoms. The van der Waals surface area contributed by atoms with Gasteiger partial charge in [-0.25, -0.2) is 4.98 Å². The second-order valence-corrected chi connectivity index (χ2v) is 6.37. The van der Waals surface area contributed by atoms with Crippen molar-refractivity contribution in [3.8, 4) is 11.5 Å². The molecule has 0 aliphatic carbocycles. The van der Waals surface area contributed by atoms with Gasteiger partial charge in [0.05, 0.1) is 25.1 Å². The number of carbonyl (C=O) groups excluding carboxylic acids is 2. The quantitative estimate of drug-likeness (QED) is 0.470. The van der Waals surface area contributed by atoms with Gasteiger partial charge in [0, 0.05) is 18.8 Å². The lowest BCUT2D eigenvalue weighted by atomic mass is 10.1. The van der Waals surface area contributed by atoms with Crippen LogP contribution in [0, 0.1) is 13.8 Å². The molecule has 0 aliphatic heterocycles. The van der Waals surface area contributed by atoms with Crippen LogP contribution in [0.3, 0.4) is 0 Å². The zero-order valence-electron chi connectivity index (χ0n) is 16.9. The van der Waals surface area contributed by atoms with Gasteiger partial charge >= 0.3 is 0 Å². The Morgan fingerprint density at radius 1 is 1.14 bits per heavy atom. The van der Waals surface area contributed by atoms with Crippen molar-refractivity contribution in [3.63, 3.8) is 0 Å². The summed E-state index contributed by atoms with van der Waals surface area (Å²) >= 11 is 0. The first-order valence-electron chi connectivity index (χ1n) is 9.48. The lowest BCUT2D eigenvalue weighted by Crippen LogP contribution is -2.36. The van der Waals surface area contributed by atoms with Crippen molar-refractivity contribution in [2.45, 2.75) is 46.8 Å². The molecule has 0 unspecified atom stereocenters. The highest BCUT2D eigenvalue weighted by Crippen LogP contribution is 2.25. The number of rotatable bonds is 11. The van der Waals surface area contributed by atoms with Gasteiger partial charge in [-0.3, -0.25) is 9.59 Å². The molecule has 1 aromatic carbocycles. The molecule has 0 fully saturated rings. The summed E-state index contributed by atoms with van der Waals surface area (Å²) in [5.41, 5.74) is 2.48. The van der Waals surface area contributed by atoms with E-state index in [-0.39, 0.29) is 31.1 Å². The molecule has 1 heterocycles. The van der Waals surface area contributed by atoms with E-state index < -0.39 is 6.29 Å². The Kier molecular flexibility index (Phi) is 8.35. The molecule has 28 heavy (non-hydrogen) atoms. The minimum atomic E-state index is -0.511. The Hall–Kier alpha value is -2.51. The van der Waals surface area contributed by atoms with Gasteiger partial charge in [-0.15, -0.1) is 0 Å². The highest BCUT2D eigenvalue weighted by atomic mass is 16.7. The van der Waals surface area contributed by atoms with E-state index in [0.29, 0.717) is 30.6 Å². The third kappa shape index (κ3) is 6.28. The maximum absolute atomic E-state index is 12.3. The molecule has 0 radical (unpaired) electrons. The van der Waals surface area contributed by atoms with Gasteiger partial charge in [0.25, 0.3) is 0 Å². The van der Waals surface area contributed by atoms with Gasteiger partial charge in [0.2, 0.25) is 11.8 Å². The van der Waals surface area contributed by atoms with Crippen molar-refractivity contribution >= 4 is 11.7 Å². The molecule has 1 N–H and O–H groups in total. The molecule has 0 atom stereocenters. The van der Waals surface area contributed by atoms with Crippen molar-refractivity contribution in [1.29, 1.82) is 0 Å². The lowest BCUT2D eigenvalue weighted by Gasteiger charge is -2.17. The number of amides is 1. The fourth-order valence-corrected chi connectivity index (χ4v) is 2.75. The summed E-state index contributed by atoms with van der Waals surface area (Å²) in [6, 6.07) is 7.75. The van der Waals surface area contributed by atoms with Crippen LogP contribution in [-0.4, -0.2) is 42.7 Å². The molecule has 0 saturated carbocycles. The summed E-state index contributed by atoms with van der Waals surface area (Å²) in [7, 11) is 0. The van der Waals surface area contributed by atoms with Crippen molar-refractivity contribution in [2.24, 2.45) is 0 Å². The van der Waals surface area contributed by atoms with Gasteiger partial charge < -0.3 is 19.2 Å². The molecule has 7 nitrogen and oxygen atoms in total. The summed E-state index contributed by atoms with van der Waals surface area (Å²) in [5.74, 6) is 0.475. The van der Waals surface area contributed by atoms with Crippen LogP contribution in [0.25, 0.3) is 11.5 Å². The molecule has 2 aromatic rings. The monoisotopic (exact) mass is 388 g/mol. The SMILES string of the molecule is CCOC(CNC(=O)CC(=O)Cc1nc(-c2ccccc2C)oc1C)OCC. The molecule has 0 bridgehead atoms. The van der Waals surface area contributed by atoms with Crippen LogP contribution >= 0.6 is 0 Å². The van der Waals surface area contributed by atoms with Gasteiger partial charge in [-0.05, 0) is 39.3 Å². The van der Waals surface area contributed by atoms with Crippen molar-refractivity contribution in [1.82, 2.24) is 10.3 Å². The first-order chi connectivity index (χ1) is 13.4. The highest BCUT2D eigenvalue weighted by Gasteiger charge is 2.18. The number of aryl methyl sites for hydroxylation is 2. The molecule has 0 saturated heterocycles. The van der Waals surface area contributed by atoms with Crippen LogP contribution in [0.5, 0.6) is 0 Å². The van der Waals surface area contributed by atoms with E-state index in [9.17, 15) is 9.59 Å². The predicted octanol–water partition coefficient (Wildman–Crippen LogP) is 2.98. The molecule has 1 amide bonds. The second kappa shape index (κ2) is 10.7. The maximum Gasteiger partial charge on any atom is 0.227 e. The van der Waals surface area contributed by atoms with E-state index >= 15 is 0 Å². The number of hydrogen-bond donors (Lipinski definition) is 1. The summed E-state index contributed by atoms with van der Waals surface area (Å²) in [6.45, 7) is 8.61. The molecule has 1 aromatic heterocycles. The van der Waals surface area contributed by atoms with E-state index in [1.807, 2.05) is 45.0 Å². The number of Topliss-reactive ketones (excluding diaryl/α,β-unsaturated/α-hetero) is 1. The predicted molar refractivity (Wildman–Crippen MR) is 105 cm³/mol. The first kappa shape index (κ1) is 21.8. The van der Waals surface area contributed by atoms with Gasteiger partial charge in [0.1, 0.15) is 11.5 Å². The van der Waals surface area contributed by atoms with E-state index in [2.05, 4.69) is 10.3 Å². The van der Waals surface area contributed by atoms with Crippen molar-refractivity contribution in [2.75, 3.05) is 19.8 Å². The molecule has 0 aliphatic rings. The minimum absolute atomic E-state index is 0.0506. The second-order valence-electron chi connectivity index (χ2n) is 6.37. The summed E-state index contributed by atoms with van der Waals surface area (Å²) in [5, 5.41) is 2.67. The van der Waals surface area contributed by atoms with Crippen LogP contribution in [0.1, 0.15) is 37.3 Å². The van der Waals surface area contributed by atoms with Gasteiger partial charge in [-0.1, -0.05) is 18.2 Å². The Balaban J connectivity index is 1.91. The summed E-state index contributed by atoms with van der Waals surface area (Å²) in [6.07, 6.45) is -0.685. The Labute approximate surface area is 165 Å². The van der Waals surface area contributed by atoms with Crippen LogP contribution < -0.4 is 5.32 Å². The third-order valence-electron chi connectivity index (χ3n) is 4.16. The first-order valence-corrected chi connectivity index (χ1v) is 9.48. The van der Waals surface area contributed by atoms with E-state index in [0.717, 1.165) is 11.1 Å². The molecule has 152 valence electrons. The number of ketones is 1. The average Bonchev–Trinajstić information content (AvgIpc) is 3.00. The fourth-order valence-electron chi connectivity index (χ4n) is 2.75. The van der Waals surface area contributed by atoms with Crippen molar-refractivity contribution < 1.29 is 23.5 Å². The molecular weight excluding hydrogens is 360 g/mol. The normalized spacial score (nSPS) is 11.0. The highest BCUT2D eigenvalue weighted by molar-refractivity contribution is 5.98. The standard InChI is InChI=1S/C21H28N2O5/c1-5-26-20(27-6-2)13-22-19(25)12-16(24)11-18-15(4)28-21(23-18)17-10-8-7-9-14(17)3/h7-10,20H,5-6,11-13H2,1-4H3,(H,22,25). The number of oxazole rings is 1. The summed E-state index contributed by atoms with van der Waals surface area (Å²) < 4.78 is 16.4. The van der Waals surface area contributed by atoms with Crippen LogP contribution in [0.2, 0.25) is 0 Å². The fraction of sp³-hybridized carbons (Fsp3) is 0.476. The van der Waals surface area contributed by atoms with E-state index in [1.165, 1.54) is 0 Å². The lowest BCUT2D eigenvalue weighted by molar-refractivity contribution is -0.141. The molecule has 2 rings (SSSR count). The average molecular weight is 388 g/mol. The zero-order valence-corrected chi connectivity index (χ0v) is 16.9. The molecule has 7 heteroatoms. The zero-order chi connectivity index (χ0) is 20.5. The Morgan fingerprint density at radius 2 is 1.82 bits per heavy atom. The number of carbonyl (C=O) groups is 2. The number of ether oxygens (including phenoxy) is 2. The number of aromatic nitrogens is 1. The number of nitrogens with one attached hydrogen (secondary N) is 1. The number of benzene rings is 1. The van der Waals surface area contributed by atoms with Gasteiger partial charge in [-0.2, -0.15) is 0 Å². The van der Waals surface area contributed by atoms with Crippen LogP contribution in [0.4, 0.5) is 0 Å². The largest absolute Gasteiger partial charge is 0.441 e. The van der Waals surface area contributed by atoms with Gasteiger partial charge in [0.15, 0.2) is 6.29 Å². The van der Waals surface area contributed by atoms with E-state index in [4.69, 9.17) is 13.9 Å².